The first-order valence-corrected chi connectivity index (χ1v) is 7.90. The second kappa shape index (κ2) is 8.67. The number of aldehydes is 1. The summed E-state index contributed by atoms with van der Waals surface area (Å²) >= 11 is 0. The van der Waals surface area contributed by atoms with Gasteiger partial charge in [0, 0.05) is 5.56 Å². The van der Waals surface area contributed by atoms with E-state index < -0.39 is 0 Å². The maximum atomic E-state index is 10.8. The first-order valence-electron chi connectivity index (χ1n) is 7.90. The Bertz CT molecular complexity index is 442. The van der Waals surface area contributed by atoms with Crippen LogP contribution in [0, 0.1) is 0 Å². The fraction of sp³-hybridized carbons (Fsp3) is 0.588. The fourth-order valence-electron chi connectivity index (χ4n) is 2.61. The van der Waals surface area contributed by atoms with E-state index in [0.717, 1.165) is 24.9 Å². The molecule has 1 saturated heterocycles. The lowest BCUT2D eigenvalue weighted by Gasteiger charge is -2.15. The van der Waals surface area contributed by atoms with Crippen LogP contribution in [0.15, 0.2) is 18.2 Å². The number of likely N-dealkylation sites (tertiary alicyclic amines) is 1. The molecule has 4 heteroatoms. The van der Waals surface area contributed by atoms with Gasteiger partial charge in [0.1, 0.15) is 6.29 Å². The van der Waals surface area contributed by atoms with Crippen molar-refractivity contribution in [1.82, 2.24) is 4.90 Å². The van der Waals surface area contributed by atoms with Crippen LogP contribution in [0.4, 0.5) is 0 Å². The summed E-state index contributed by atoms with van der Waals surface area (Å²) in [5.41, 5.74) is 0.611. The molecular weight excluding hydrogens is 266 g/mol. The number of carbonyl (C=O) groups is 1. The highest BCUT2D eigenvalue weighted by Crippen LogP contribution is 2.28. The molecule has 0 spiro atoms. The number of benzene rings is 1. The van der Waals surface area contributed by atoms with E-state index in [1.54, 1.807) is 12.1 Å². The van der Waals surface area contributed by atoms with Crippen molar-refractivity contribution in [3.05, 3.63) is 23.8 Å². The molecule has 0 amide bonds. The van der Waals surface area contributed by atoms with Gasteiger partial charge in [0.2, 0.25) is 0 Å². The van der Waals surface area contributed by atoms with Crippen molar-refractivity contribution >= 4 is 6.29 Å². The van der Waals surface area contributed by atoms with Crippen LogP contribution in [-0.4, -0.2) is 44.0 Å². The largest absolute Gasteiger partial charge is 0.490 e. The van der Waals surface area contributed by atoms with Gasteiger partial charge in [-0.15, -0.1) is 0 Å². The summed E-state index contributed by atoms with van der Waals surface area (Å²) in [4.78, 5) is 13.3. The van der Waals surface area contributed by atoms with Crippen LogP contribution in [0.25, 0.3) is 0 Å². The summed E-state index contributed by atoms with van der Waals surface area (Å²) in [6, 6.07) is 5.31. The highest BCUT2D eigenvalue weighted by atomic mass is 16.5. The zero-order valence-corrected chi connectivity index (χ0v) is 12.8. The number of carbonyl (C=O) groups excluding carboxylic acids is 1. The SMILES string of the molecule is CCOc1cc(C=O)ccc1OCCCCN1CCCC1. The Morgan fingerprint density at radius 1 is 1.14 bits per heavy atom. The zero-order valence-electron chi connectivity index (χ0n) is 12.8. The Hall–Kier alpha value is -1.55. The van der Waals surface area contributed by atoms with Crippen molar-refractivity contribution in [2.24, 2.45) is 0 Å². The van der Waals surface area contributed by atoms with Gasteiger partial charge in [-0.1, -0.05) is 0 Å². The highest BCUT2D eigenvalue weighted by molar-refractivity contribution is 5.76. The Kier molecular flexibility index (Phi) is 6.54. The second-order valence-electron chi connectivity index (χ2n) is 5.36. The normalized spacial score (nSPS) is 15.1. The van der Waals surface area contributed by atoms with Gasteiger partial charge in [-0.05, 0) is 70.4 Å². The monoisotopic (exact) mass is 291 g/mol. The minimum atomic E-state index is 0.563. The maximum Gasteiger partial charge on any atom is 0.161 e. The van der Waals surface area contributed by atoms with Gasteiger partial charge in [-0.25, -0.2) is 0 Å². The van der Waals surface area contributed by atoms with E-state index in [-0.39, 0.29) is 0 Å². The van der Waals surface area contributed by atoms with Crippen LogP contribution >= 0.6 is 0 Å². The van der Waals surface area contributed by atoms with Gasteiger partial charge in [-0.2, -0.15) is 0 Å². The van der Waals surface area contributed by atoms with Crippen LogP contribution in [0.1, 0.15) is 43.0 Å². The summed E-state index contributed by atoms with van der Waals surface area (Å²) in [7, 11) is 0. The molecule has 0 unspecified atom stereocenters. The molecule has 2 rings (SSSR count). The molecule has 0 N–H and O–H groups in total. The molecule has 0 bridgehead atoms. The van der Waals surface area contributed by atoms with Crippen LogP contribution in [-0.2, 0) is 0 Å². The predicted molar refractivity (Wildman–Crippen MR) is 83.4 cm³/mol. The molecule has 21 heavy (non-hydrogen) atoms. The van der Waals surface area contributed by atoms with E-state index in [4.69, 9.17) is 9.47 Å². The number of ether oxygens (including phenoxy) is 2. The summed E-state index contributed by atoms with van der Waals surface area (Å²) in [6.45, 7) is 6.85. The van der Waals surface area contributed by atoms with E-state index in [9.17, 15) is 4.79 Å². The Morgan fingerprint density at radius 3 is 2.67 bits per heavy atom. The molecule has 116 valence electrons. The minimum Gasteiger partial charge on any atom is -0.490 e. The number of hydrogen-bond acceptors (Lipinski definition) is 4. The number of rotatable bonds is 9. The molecule has 1 aromatic rings. The van der Waals surface area contributed by atoms with E-state index in [1.807, 2.05) is 13.0 Å². The molecule has 1 aliphatic heterocycles. The summed E-state index contributed by atoms with van der Waals surface area (Å²) in [5.74, 6) is 1.38. The number of unbranched alkanes of at least 4 members (excludes halogenated alkanes) is 1. The number of hydrogen-bond donors (Lipinski definition) is 0. The van der Waals surface area contributed by atoms with Gasteiger partial charge in [-0.3, -0.25) is 4.79 Å². The third kappa shape index (κ3) is 5.05. The van der Waals surface area contributed by atoms with E-state index in [2.05, 4.69) is 4.90 Å². The van der Waals surface area contributed by atoms with Crippen LogP contribution in [0.3, 0.4) is 0 Å². The lowest BCUT2D eigenvalue weighted by Crippen LogP contribution is -2.20. The molecule has 0 aliphatic carbocycles. The average molecular weight is 291 g/mol. The van der Waals surface area contributed by atoms with E-state index >= 15 is 0 Å². The molecule has 1 aromatic carbocycles. The smallest absolute Gasteiger partial charge is 0.161 e. The summed E-state index contributed by atoms with van der Waals surface area (Å²) in [5, 5.41) is 0. The molecule has 0 atom stereocenters. The van der Waals surface area contributed by atoms with Crippen molar-refractivity contribution < 1.29 is 14.3 Å². The van der Waals surface area contributed by atoms with Gasteiger partial charge >= 0.3 is 0 Å². The molecule has 0 radical (unpaired) electrons. The van der Waals surface area contributed by atoms with Crippen molar-refractivity contribution in [2.45, 2.75) is 32.6 Å². The first kappa shape index (κ1) is 15.8. The lowest BCUT2D eigenvalue weighted by molar-refractivity contribution is 0.112. The Labute approximate surface area is 127 Å². The first-order chi connectivity index (χ1) is 10.3. The fourth-order valence-corrected chi connectivity index (χ4v) is 2.61. The van der Waals surface area contributed by atoms with Gasteiger partial charge < -0.3 is 14.4 Å². The average Bonchev–Trinajstić information content (AvgIpc) is 3.01. The van der Waals surface area contributed by atoms with Crippen molar-refractivity contribution in [2.75, 3.05) is 32.8 Å². The van der Waals surface area contributed by atoms with Crippen LogP contribution in [0.5, 0.6) is 11.5 Å². The van der Waals surface area contributed by atoms with Crippen molar-refractivity contribution in [3.8, 4) is 11.5 Å². The second-order valence-corrected chi connectivity index (χ2v) is 5.36. The third-order valence-corrected chi connectivity index (χ3v) is 3.73. The maximum absolute atomic E-state index is 10.8. The molecule has 0 saturated carbocycles. The standard InChI is InChI=1S/C17H25NO3/c1-2-20-17-13-15(14-19)7-8-16(17)21-12-6-5-11-18-9-3-4-10-18/h7-8,13-14H,2-6,9-12H2,1H3. The van der Waals surface area contributed by atoms with E-state index in [1.165, 1.54) is 32.5 Å². The van der Waals surface area contributed by atoms with Gasteiger partial charge in [0.25, 0.3) is 0 Å². The quantitative estimate of drug-likeness (QED) is 0.517. The van der Waals surface area contributed by atoms with Crippen LogP contribution < -0.4 is 9.47 Å². The third-order valence-electron chi connectivity index (χ3n) is 3.73. The van der Waals surface area contributed by atoms with E-state index in [0.29, 0.717) is 24.5 Å². The highest BCUT2D eigenvalue weighted by Gasteiger charge is 2.10. The Balaban J connectivity index is 1.74. The zero-order chi connectivity index (χ0) is 14.9. The predicted octanol–water partition coefficient (Wildman–Crippen LogP) is 3.15. The molecular formula is C17H25NO3. The minimum absolute atomic E-state index is 0.563. The van der Waals surface area contributed by atoms with Gasteiger partial charge in [0.05, 0.1) is 13.2 Å². The van der Waals surface area contributed by atoms with Crippen LogP contribution in [0.2, 0.25) is 0 Å². The lowest BCUT2D eigenvalue weighted by atomic mass is 10.2. The Morgan fingerprint density at radius 2 is 1.95 bits per heavy atom. The molecule has 4 nitrogen and oxygen atoms in total. The van der Waals surface area contributed by atoms with Crippen molar-refractivity contribution in [3.63, 3.8) is 0 Å². The number of nitrogens with zero attached hydrogens (tertiary/aromatic N) is 1. The summed E-state index contributed by atoms with van der Waals surface area (Å²) < 4.78 is 11.3. The molecule has 1 heterocycles. The molecule has 1 fully saturated rings. The topological polar surface area (TPSA) is 38.8 Å². The molecule has 1 aliphatic rings. The van der Waals surface area contributed by atoms with Gasteiger partial charge in [0.15, 0.2) is 11.5 Å². The summed E-state index contributed by atoms with van der Waals surface area (Å²) in [6.07, 6.45) is 5.71. The molecule has 0 aromatic heterocycles. The van der Waals surface area contributed by atoms with Crippen molar-refractivity contribution in [1.29, 1.82) is 0 Å².